The van der Waals surface area contributed by atoms with Gasteiger partial charge in [-0.1, -0.05) is 27.4 Å². The average molecular weight is 314 g/mol. The first-order valence-corrected chi connectivity index (χ1v) is 10.2. The van der Waals surface area contributed by atoms with Crippen molar-refractivity contribution in [2.45, 2.75) is 59.7 Å². The van der Waals surface area contributed by atoms with Gasteiger partial charge in [0.15, 0.2) is 0 Å². The number of hydrogen-bond acceptors (Lipinski definition) is 4. The molecule has 21 heavy (non-hydrogen) atoms. The molecule has 0 saturated heterocycles. The van der Waals surface area contributed by atoms with E-state index in [1.165, 1.54) is 0 Å². The molecule has 0 fully saturated rings. The van der Waals surface area contributed by atoms with Crippen molar-refractivity contribution in [3.05, 3.63) is 23.7 Å². The maximum atomic E-state index is 11.3. The van der Waals surface area contributed by atoms with Gasteiger partial charge in [0.2, 0.25) is 0 Å². The van der Waals surface area contributed by atoms with Crippen LogP contribution in [0.5, 0.6) is 0 Å². The van der Waals surface area contributed by atoms with Crippen molar-refractivity contribution < 1.29 is 18.7 Å². The van der Waals surface area contributed by atoms with E-state index in [1.807, 2.05) is 13.8 Å². The number of rotatable bonds is 10. The van der Waals surface area contributed by atoms with Crippen LogP contribution < -0.4 is 0 Å². The summed E-state index contributed by atoms with van der Waals surface area (Å²) in [6.07, 6.45) is 0. The van der Waals surface area contributed by atoms with Gasteiger partial charge in [-0.2, -0.15) is 0 Å². The van der Waals surface area contributed by atoms with E-state index in [0.29, 0.717) is 18.1 Å². The van der Waals surface area contributed by atoms with Crippen LogP contribution >= 0.6 is 0 Å². The highest BCUT2D eigenvalue weighted by molar-refractivity contribution is 6.73. The lowest BCUT2D eigenvalue weighted by molar-refractivity contribution is -0.140. The highest BCUT2D eigenvalue weighted by atomic mass is 28.4. The molecule has 0 aromatic rings. The fourth-order valence-corrected chi connectivity index (χ4v) is 4.42. The van der Waals surface area contributed by atoms with E-state index < -0.39 is 14.3 Å². The summed E-state index contributed by atoms with van der Waals surface area (Å²) < 4.78 is 16.9. The molecule has 0 amide bonds. The van der Waals surface area contributed by atoms with Crippen LogP contribution in [0.15, 0.2) is 23.7 Å². The molecule has 0 aromatic heterocycles. The highest BCUT2D eigenvalue weighted by Gasteiger charge is 2.32. The van der Waals surface area contributed by atoms with Crippen LogP contribution in [0.2, 0.25) is 18.1 Å². The van der Waals surface area contributed by atoms with E-state index in [2.05, 4.69) is 27.4 Å². The zero-order valence-corrected chi connectivity index (χ0v) is 15.4. The molecule has 0 atom stereocenters. The van der Waals surface area contributed by atoms with Gasteiger partial charge >= 0.3 is 5.97 Å². The number of ether oxygens (including phenoxy) is 2. The van der Waals surface area contributed by atoms with Gasteiger partial charge in [-0.25, -0.2) is 4.79 Å². The number of allylic oxidation sites excluding steroid dienone is 1. The van der Waals surface area contributed by atoms with E-state index in [4.69, 9.17) is 13.9 Å². The summed E-state index contributed by atoms with van der Waals surface area (Å²) >= 11 is 0. The molecule has 0 unspecified atom stereocenters. The van der Waals surface area contributed by atoms with Crippen LogP contribution in [0.25, 0.3) is 0 Å². The van der Waals surface area contributed by atoms with Crippen molar-refractivity contribution in [1.82, 2.24) is 0 Å². The number of hydrogen-bond donors (Lipinski definition) is 0. The average Bonchev–Trinajstić information content (AvgIpc) is 2.46. The third-order valence-corrected chi connectivity index (χ3v) is 8.03. The summed E-state index contributed by atoms with van der Waals surface area (Å²) in [5, 5.41) is 0. The van der Waals surface area contributed by atoms with Gasteiger partial charge in [0.05, 0.1) is 0 Å². The van der Waals surface area contributed by atoms with E-state index >= 15 is 0 Å². The van der Waals surface area contributed by atoms with Gasteiger partial charge in [-0.05, 0) is 38.9 Å². The van der Waals surface area contributed by atoms with Gasteiger partial charge in [0.25, 0.3) is 14.3 Å². The predicted octanol–water partition coefficient (Wildman–Crippen LogP) is 4.40. The largest absolute Gasteiger partial charge is 0.519 e. The minimum Gasteiger partial charge on any atom is -0.519 e. The summed E-state index contributed by atoms with van der Waals surface area (Å²) in [4.78, 5) is 11.3. The van der Waals surface area contributed by atoms with Crippen LogP contribution in [0, 0.1) is 0 Å². The van der Waals surface area contributed by atoms with E-state index in [-0.39, 0.29) is 6.61 Å². The Balaban J connectivity index is 4.50. The number of carbonyl (C=O) groups excluding carboxylic acids is 1. The maximum Gasteiger partial charge on any atom is 0.333 e. The molecule has 4 nitrogen and oxygen atoms in total. The van der Waals surface area contributed by atoms with E-state index in [1.54, 1.807) is 6.92 Å². The Hall–Kier alpha value is -1.23. The Kier molecular flexibility index (Phi) is 9.09. The summed E-state index contributed by atoms with van der Waals surface area (Å²) in [5.74, 6) is 0.205. The first kappa shape index (κ1) is 19.8. The summed E-state index contributed by atoms with van der Waals surface area (Å²) in [7, 11) is -1.75. The molecule has 0 saturated carbocycles. The van der Waals surface area contributed by atoms with Crippen LogP contribution in [0.4, 0.5) is 0 Å². The van der Waals surface area contributed by atoms with Gasteiger partial charge in [-0.3, -0.25) is 0 Å². The quantitative estimate of drug-likeness (QED) is 0.197. The third-order valence-electron chi connectivity index (χ3n) is 3.55. The molecule has 0 heterocycles. The maximum absolute atomic E-state index is 11.3. The third kappa shape index (κ3) is 6.84. The standard InChI is InChI=1S/C16H30O4Si/c1-8-21(9-2,10-3)20-16(14(6)7)19-12-11-18-15(17)13(4)5/h4,8-12H2,1-3,5-7H3. The van der Waals surface area contributed by atoms with E-state index in [0.717, 1.165) is 23.7 Å². The minimum atomic E-state index is -1.75. The molecular formula is C16H30O4Si. The van der Waals surface area contributed by atoms with Crippen molar-refractivity contribution in [3.63, 3.8) is 0 Å². The molecule has 0 aliphatic heterocycles. The molecule has 0 aliphatic rings. The second-order valence-corrected chi connectivity index (χ2v) is 10.1. The molecule has 0 rings (SSSR count). The Labute approximate surface area is 130 Å². The van der Waals surface area contributed by atoms with Crippen LogP contribution in [0.3, 0.4) is 0 Å². The number of carbonyl (C=O) groups is 1. The van der Waals surface area contributed by atoms with Crippen molar-refractivity contribution in [1.29, 1.82) is 0 Å². The lowest BCUT2D eigenvalue weighted by atomic mass is 10.4. The van der Waals surface area contributed by atoms with Crippen molar-refractivity contribution in [2.24, 2.45) is 0 Å². The van der Waals surface area contributed by atoms with Gasteiger partial charge in [-0.15, -0.1) is 0 Å². The van der Waals surface area contributed by atoms with Crippen molar-refractivity contribution >= 4 is 14.3 Å². The molecule has 122 valence electrons. The van der Waals surface area contributed by atoms with Crippen LogP contribution in [-0.4, -0.2) is 27.5 Å². The smallest absolute Gasteiger partial charge is 0.333 e. The molecule has 0 aliphatic carbocycles. The van der Waals surface area contributed by atoms with Crippen LogP contribution in [-0.2, 0) is 18.7 Å². The Morgan fingerprint density at radius 2 is 1.43 bits per heavy atom. The fourth-order valence-electron chi connectivity index (χ4n) is 1.83. The summed E-state index contributed by atoms with van der Waals surface area (Å²) in [5.41, 5.74) is 1.40. The van der Waals surface area contributed by atoms with Gasteiger partial charge < -0.3 is 13.9 Å². The summed E-state index contributed by atoms with van der Waals surface area (Å²) in [6, 6.07) is 3.18. The lowest BCUT2D eigenvalue weighted by Gasteiger charge is -2.30. The SMILES string of the molecule is C=C(C)C(=O)OCCOC(O[Si](CC)(CC)CC)=C(C)C. The molecular weight excluding hydrogens is 284 g/mol. The Bertz CT molecular complexity index is 371. The van der Waals surface area contributed by atoms with Crippen LogP contribution in [0.1, 0.15) is 41.5 Å². The number of esters is 1. The first-order chi connectivity index (χ1) is 9.81. The zero-order chi connectivity index (χ0) is 16.5. The second-order valence-electron chi connectivity index (χ2n) is 5.40. The molecule has 0 bridgehead atoms. The second kappa shape index (κ2) is 9.66. The highest BCUT2D eigenvalue weighted by Crippen LogP contribution is 2.26. The Morgan fingerprint density at radius 3 is 1.81 bits per heavy atom. The molecule has 0 N–H and O–H groups in total. The van der Waals surface area contributed by atoms with Gasteiger partial charge in [0, 0.05) is 11.1 Å². The fraction of sp³-hybridized carbons (Fsp3) is 0.688. The molecule has 0 aromatic carbocycles. The molecule has 5 heteroatoms. The molecule has 0 spiro atoms. The lowest BCUT2D eigenvalue weighted by Crippen LogP contribution is -2.36. The summed E-state index contributed by atoms with van der Waals surface area (Å²) in [6.45, 7) is 16.1. The minimum absolute atomic E-state index is 0.199. The topological polar surface area (TPSA) is 44.8 Å². The normalized spacial score (nSPS) is 10.8. The van der Waals surface area contributed by atoms with Crippen molar-refractivity contribution in [3.8, 4) is 0 Å². The predicted molar refractivity (Wildman–Crippen MR) is 88.4 cm³/mol. The first-order valence-electron chi connectivity index (χ1n) is 7.63. The van der Waals surface area contributed by atoms with Gasteiger partial charge in [0.1, 0.15) is 13.2 Å². The molecule has 0 radical (unpaired) electrons. The van der Waals surface area contributed by atoms with E-state index in [9.17, 15) is 4.79 Å². The van der Waals surface area contributed by atoms with Crippen molar-refractivity contribution in [2.75, 3.05) is 13.2 Å². The zero-order valence-electron chi connectivity index (χ0n) is 14.4. The Morgan fingerprint density at radius 1 is 0.952 bits per heavy atom. The monoisotopic (exact) mass is 314 g/mol.